The van der Waals surface area contributed by atoms with E-state index >= 15 is 0 Å². The molecule has 0 fully saturated rings. The Hall–Kier alpha value is -1.26. The van der Waals surface area contributed by atoms with Crippen LogP contribution < -0.4 is 10.5 Å². The van der Waals surface area contributed by atoms with Crippen molar-refractivity contribution < 1.29 is 9.53 Å². The predicted molar refractivity (Wildman–Crippen MR) is 79.6 cm³/mol. The van der Waals surface area contributed by atoms with Crippen LogP contribution in [-0.2, 0) is 4.79 Å². The van der Waals surface area contributed by atoms with Gasteiger partial charge in [-0.3, -0.25) is 4.79 Å². The number of ether oxygens (including phenoxy) is 1. The lowest BCUT2D eigenvalue weighted by atomic mass is 10.0. The molecule has 5 heteroatoms. The molecule has 1 rings (SSSR count). The second-order valence-electron chi connectivity index (χ2n) is 4.57. The Morgan fingerprint density at radius 2 is 1.89 bits per heavy atom. The van der Waals surface area contributed by atoms with Crippen LogP contribution in [0.5, 0.6) is 5.75 Å². The van der Waals surface area contributed by atoms with Gasteiger partial charge in [0.05, 0.1) is 12.5 Å². The van der Waals surface area contributed by atoms with Gasteiger partial charge < -0.3 is 15.4 Å². The Bertz CT molecular complexity index is 371. The number of rotatable bonds is 6. The van der Waals surface area contributed by atoms with Gasteiger partial charge in [0.25, 0.3) is 0 Å². The van der Waals surface area contributed by atoms with Crippen molar-refractivity contribution in [2.24, 2.45) is 11.7 Å². The molecule has 0 radical (unpaired) electrons. The highest BCUT2D eigenvalue weighted by molar-refractivity contribution is 5.85. The number of hydrogen-bond acceptors (Lipinski definition) is 3. The van der Waals surface area contributed by atoms with Gasteiger partial charge in [-0.2, -0.15) is 0 Å². The maximum absolute atomic E-state index is 11.9. The van der Waals surface area contributed by atoms with E-state index in [4.69, 9.17) is 10.5 Å². The minimum Gasteiger partial charge on any atom is -0.492 e. The average molecular weight is 287 g/mol. The van der Waals surface area contributed by atoms with Crippen molar-refractivity contribution in [2.75, 3.05) is 20.2 Å². The molecule has 2 N–H and O–H groups in total. The van der Waals surface area contributed by atoms with Gasteiger partial charge in [0.2, 0.25) is 5.91 Å². The number of amides is 1. The molecule has 1 aromatic carbocycles. The fourth-order valence-electron chi connectivity index (χ4n) is 1.50. The Labute approximate surface area is 121 Å². The molecule has 0 heterocycles. The SMILES string of the molecule is CC(N)C(C)C(=O)N(C)CCOc1ccccc1.Cl. The minimum absolute atomic E-state index is 0. The number of para-hydroxylation sites is 1. The number of carbonyl (C=O) groups is 1. The largest absolute Gasteiger partial charge is 0.492 e. The van der Waals surface area contributed by atoms with Gasteiger partial charge in [0, 0.05) is 13.1 Å². The van der Waals surface area contributed by atoms with Crippen molar-refractivity contribution in [1.29, 1.82) is 0 Å². The van der Waals surface area contributed by atoms with Crippen molar-refractivity contribution in [3.05, 3.63) is 30.3 Å². The third kappa shape index (κ3) is 5.94. The highest BCUT2D eigenvalue weighted by Crippen LogP contribution is 2.08. The normalized spacial score (nSPS) is 13.1. The van der Waals surface area contributed by atoms with E-state index in [0.29, 0.717) is 13.2 Å². The van der Waals surface area contributed by atoms with Crippen molar-refractivity contribution in [3.63, 3.8) is 0 Å². The molecule has 0 saturated heterocycles. The third-order valence-corrected chi connectivity index (χ3v) is 2.99. The molecule has 2 atom stereocenters. The Kier molecular flexibility index (Phi) is 8.19. The Morgan fingerprint density at radius 3 is 2.42 bits per heavy atom. The molecule has 108 valence electrons. The number of carbonyl (C=O) groups excluding carboxylic acids is 1. The quantitative estimate of drug-likeness (QED) is 0.869. The summed E-state index contributed by atoms with van der Waals surface area (Å²) >= 11 is 0. The van der Waals surface area contributed by atoms with Crippen LogP contribution in [0.1, 0.15) is 13.8 Å². The first-order valence-electron chi connectivity index (χ1n) is 6.20. The summed E-state index contributed by atoms with van der Waals surface area (Å²) in [6, 6.07) is 9.44. The van der Waals surface area contributed by atoms with Crippen LogP contribution in [-0.4, -0.2) is 37.0 Å². The van der Waals surface area contributed by atoms with Gasteiger partial charge >= 0.3 is 0 Å². The van der Waals surface area contributed by atoms with Crippen LogP contribution in [0.2, 0.25) is 0 Å². The van der Waals surface area contributed by atoms with Crippen molar-refractivity contribution >= 4 is 18.3 Å². The van der Waals surface area contributed by atoms with Gasteiger partial charge in [0.15, 0.2) is 0 Å². The van der Waals surface area contributed by atoms with Crippen LogP contribution in [0, 0.1) is 5.92 Å². The molecule has 2 unspecified atom stereocenters. The van der Waals surface area contributed by atoms with E-state index in [9.17, 15) is 4.79 Å². The van der Waals surface area contributed by atoms with E-state index in [1.807, 2.05) is 44.2 Å². The second kappa shape index (κ2) is 8.77. The van der Waals surface area contributed by atoms with Gasteiger partial charge in [0.1, 0.15) is 12.4 Å². The number of benzene rings is 1. The maximum Gasteiger partial charge on any atom is 0.226 e. The summed E-state index contributed by atoms with van der Waals surface area (Å²) in [7, 11) is 1.77. The number of halogens is 1. The highest BCUT2D eigenvalue weighted by atomic mass is 35.5. The van der Waals surface area contributed by atoms with Crippen LogP contribution in [0.4, 0.5) is 0 Å². The molecular formula is C14H23ClN2O2. The van der Waals surface area contributed by atoms with E-state index in [1.165, 1.54) is 0 Å². The van der Waals surface area contributed by atoms with Crippen LogP contribution in [0.25, 0.3) is 0 Å². The van der Waals surface area contributed by atoms with Gasteiger partial charge in [-0.15, -0.1) is 12.4 Å². The number of nitrogens with zero attached hydrogens (tertiary/aromatic N) is 1. The van der Waals surface area contributed by atoms with Gasteiger partial charge in [-0.1, -0.05) is 25.1 Å². The summed E-state index contributed by atoms with van der Waals surface area (Å²) in [5.74, 6) is 0.715. The first kappa shape index (κ1) is 17.7. The number of hydrogen-bond donors (Lipinski definition) is 1. The molecule has 4 nitrogen and oxygen atoms in total. The van der Waals surface area contributed by atoms with E-state index < -0.39 is 0 Å². The molecule has 0 aliphatic carbocycles. The fourth-order valence-corrected chi connectivity index (χ4v) is 1.50. The van der Waals surface area contributed by atoms with Gasteiger partial charge in [-0.25, -0.2) is 0 Å². The van der Waals surface area contributed by atoms with Crippen molar-refractivity contribution in [3.8, 4) is 5.75 Å². The summed E-state index contributed by atoms with van der Waals surface area (Å²) < 4.78 is 5.54. The molecule has 1 amide bonds. The summed E-state index contributed by atoms with van der Waals surface area (Å²) in [6.45, 7) is 4.74. The summed E-state index contributed by atoms with van der Waals surface area (Å²) in [6.07, 6.45) is 0. The first-order valence-corrected chi connectivity index (χ1v) is 6.20. The second-order valence-corrected chi connectivity index (χ2v) is 4.57. The molecule has 0 spiro atoms. The summed E-state index contributed by atoms with van der Waals surface area (Å²) in [4.78, 5) is 13.6. The molecule has 0 aliphatic heterocycles. The van der Waals surface area contributed by atoms with Crippen molar-refractivity contribution in [1.82, 2.24) is 4.90 Å². The zero-order valence-corrected chi connectivity index (χ0v) is 12.5. The monoisotopic (exact) mass is 286 g/mol. The van der Waals surface area contributed by atoms with E-state index in [-0.39, 0.29) is 30.3 Å². The first-order chi connectivity index (χ1) is 8.52. The molecule has 0 saturated carbocycles. The lowest BCUT2D eigenvalue weighted by Gasteiger charge is -2.23. The lowest BCUT2D eigenvalue weighted by Crippen LogP contribution is -2.41. The van der Waals surface area contributed by atoms with Gasteiger partial charge in [-0.05, 0) is 19.1 Å². The zero-order chi connectivity index (χ0) is 13.5. The molecule has 0 bridgehead atoms. The zero-order valence-electron chi connectivity index (χ0n) is 11.7. The van der Waals surface area contributed by atoms with Crippen LogP contribution in [0.15, 0.2) is 30.3 Å². The third-order valence-electron chi connectivity index (χ3n) is 2.99. The predicted octanol–water partition coefficient (Wildman–Crippen LogP) is 1.93. The minimum atomic E-state index is -0.160. The van der Waals surface area contributed by atoms with E-state index in [1.54, 1.807) is 11.9 Å². The van der Waals surface area contributed by atoms with Crippen LogP contribution in [0.3, 0.4) is 0 Å². The molecule has 0 aliphatic rings. The van der Waals surface area contributed by atoms with E-state index in [2.05, 4.69) is 0 Å². The topological polar surface area (TPSA) is 55.6 Å². The maximum atomic E-state index is 11.9. The standard InChI is InChI=1S/C14H22N2O2.ClH/c1-11(12(2)15)14(17)16(3)9-10-18-13-7-5-4-6-8-13;/h4-8,11-12H,9-10,15H2,1-3H3;1H. The number of nitrogens with two attached hydrogens (primary N) is 1. The smallest absolute Gasteiger partial charge is 0.226 e. The summed E-state index contributed by atoms with van der Waals surface area (Å²) in [5.41, 5.74) is 5.72. The lowest BCUT2D eigenvalue weighted by molar-refractivity contribution is -0.134. The Morgan fingerprint density at radius 1 is 1.32 bits per heavy atom. The molecule has 1 aromatic rings. The number of likely N-dealkylation sites (N-methyl/N-ethyl adjacent to an activating group) is 1. The summed E-state index contributed by atoms with van der Waals surface area (Å²) in [5, 5.41) is 0. The molecule has 19 heavy (non-hydrogen) atoms. The van der Waals surface area contributed by atoms with Crippen molar-refractivity contribution in [2.45, 2.75) is 19.9 Å². The fraction of sp³-hybridized carbons (Fsp3) is 0.500. The molecule has 0 aromatic heterocycles. The highest BCUT2D eigenvalue weighted by Gasteiger charge is 2.20. The van der Waals surface area contributed by atoms with Crippen LogP contribution >= 0.6 is 12.4 Å². The Balaban J connectivity index is 0.00000324. The molecular weight excluding hydrogens is 264 g/mol. The van der Waals surface area contributed by atoms with E-state index in [0.717, 1.165) is 5.75 Å². The average Bonchev–Trinajstić information content (AvgIpc) is 2.38.